The SMILES string of the molecule is Cc1ccc(S(=O)(=O)NC2CC2)cc1C(=O)NCCSCc1ccccc1F. The van der Waals surface area contributed by atoms with Crippen molar-refractivity contribution in [3.05, 3.63) is 65.0 Å². The Morgan fingerprint density at radius 3 is 2.68 bits per heavy atom. The third-order valence-corrected chi connectivity index (χ3v) is 6.94. The molecule has 0 bridgehead atoms. The average Bonchev–Trinajstić information content (AvgIpc) is 3.46. The molecule has 150 valence electrons. The van der Waals surface area contributed by atoms with Gasteiger partial charge in [0.1, 0.15) is 5.82 Å². The van der Waals surface area contributed by atoms with Crippen molar-refractivity contribution in [1.82, 2.24) is 10.0 Å². The Morgan fingerprint density at radius 1 is 1.21 bits per heavy atom. The van der Waals surface area contributed by atoms with Crippen LogP contribution in [0.2, 0.25) is 0 Å². The van der Waals surface area contributed by atoms with Gasteiger partial charge in [0.05, 0.1) is 4.90 Å². The normalized spacial score (nSPS) is 14.1. The van der Waals surface area contributed by atoms with E-state index in [0.29, 0.717) is 34.7 Å². The van der Waals surface area contributed by atoms with E-state index in [2.05, 4.69) is 10.0 Å². The number of amides is 1. The van der Waals surface area contributed by atoms with Crippen molar-refractivity contribution in [2.45, 2.75) is 36.5 Å². The second-order valence-corrected chi connectivity index (χ2v) is 9.59. The second kappa shape index (κ2) is 9.07. The molecule has 0 saturated heterocycles. The highest BCUT2D eigenvalue weighted by Crippen LogP contribution is 2.23. The van der Waals surface area contributed by atoms with Crippen molar-refractivity contribution in [3.8, 4) is 0 Å². The van der Waals surface area contributed by atoms with Gasteiger partial charge in [-0.05, 0) is 49.1 Å². The number of thioether (sulfide) groups is 1. The van der Waals surface area contributed by atoms with Gasteiger partial charge in [0.2, 0.25) is 10.0 Å². The molecule has 2 aromatic carbocycles. The lowest BCUT2D eigenvalue weighted by atomic mass is 10.1. The van der Waals surface area contributed by atoms with Crippen LogP contribution in [0.1, 0.15) is 34.3 Å². The Morgan fingerprint density at radius 2 is 1.96 bits per heavy atom. The molecule has 1 saturated carbocycles. The molecule has 5 nitrogen and oxygen atoms in total. The van der Waals surface area contributed by atoms with E-state index in [4.69, 9.17) is 0 Å². The van der Waals surface area contributed by atoms with E-state index >= 15 is 0 Å². The molecule has 1 amide bonds. The maximum atomic E-state index is 13.6. The number of halogens is 1. The summed E-state index contributed by atoms with van der Waals surface area (Å²) in [6, 6.07) is 11.2. The first-order valence-corrected chi connectivity index (χ1v) is 11.7. The lowest BCUT2D eigenvalue weighted by Gasteiger charge is -2.11. The monoisotopic (exact) mass is 422 g/mol. The lowest BCUT2D eigenvalue weighted by molar-refractivity contribution is 0.0955. The van der Waals surface area contributed by atoms with Gasteiger partial charge >= 0.3 is 0 Å². The molecule has 1 aliphatic rings. The number of rotatable bonds is 9. The summed E-state index contributed by atoms with van der Waals surface area (Å²) in [5.74, 6) is 0.614. The molecule has 0 radical (unpaired) electrons. The third-order valence-electron chi connectivity index (χ3n) is 4.41. The summed E-state index contributed by atoms with van der Waals surface area (Å²) in [5.41, 5.74) is 1.69. The first-order chi connectivity index (χ1) is 13.4. The van der Waals surface area contributed by atoms with Crippen LogP contribution in [-0.2, 0) is 15.8 Å². The molecule has 0 spiro atoms. The fourth-order valence-electron chi connectivity index (χ4n) is 2.63. The van der Waals surface area contributed by atoms with Crippen LogP contribution in [0.5, 0.6) is 0 Å². The third kappa shape index (κ3) is 5.56. The summed E-state index contributed by atoms with van der Waals surface area (Å²) in [7, 11) is -3.60. The summed E-state index contributed by atoms with van der Waals surface area (Å²) in [6.07, 6.45) is 1.70. The maximum absolute atomic E-state index is 13.6. The van der Waals surface area contributed by atoms with Crippen LogP contribution in [0.3, 0.4) is 0 Å². The quantitative estimate of drug-likeness (QED) is 0.609. The van der Waals surface area contributed by atoms with Gasteiger partial charge in [-0.1, -0.05) is 24.3 Å². The van der Waals surface area contributed by atoms with Gasteiger partial charge in [-0.2, -0.15) is 11.8 Å². The molecule has 0 aromatic heterocycles. The Hall–Kier alpha value is -1.90. The van der Waals surface area contributed by atoms with E-state index in [1.54, 1.807) is 31.2 Å². The fraction of sp³-hybridized carbons (Fsp3) is 0.350. The second-order valence-electron chi connectivity index (χ2n) is 6.77. The molecular formula is C20H23FN2O3S2. The number of hydrogen-bond donors (Lipinski definition) is 2. The Balaban J connectivity index is 1.53. The number of aryl methyl sites for hydroxylation is 1. The minimum absolute atomic E-state index is 0.00931. The predicted octanol–water partition coefficient (Wildman–Crippen LogP) is 3.24. The van der Waals surface area contributed by atoms with Gasteiger partial charge in [0.15, 0.2) is 0 Å². The van der Waals surface area contributed by atoms with Crippen LogP contribution in [0.25, 0.3) is 0 Å². The van der Waals surface area contributed by atoms with E-state index in [-0.39, 0.29) is 22.7 Å². The number of sulfonamides is 1. The minimum Gasteiger partial charge on any atom is -0.351 e. The molecule has 0 atom stereocenters. The molecule has 8 heteroatoms. The van der Waals surface area contributed by atoms with Gasteiger partial charge in [0, 0.05) is 29.7 Å². The molecule has 3 rings (SSSR count). The molecule has 1 fully saturated rings. The molecule has 0 unspecified atom stereocenters. The molecule has 2 aromatic rings. The fourth-order valence-corrected chi connectivity index (χ4v) is 4.81. The van der Waals surface area contributed by atoms with Crippen molar-refractivity contribution < 1.29 is 17.6 Å². The van der Waals surface area contributed by atoms with E-state index in [1.807, 2.05) is 0 Å². The summed E-state index contributed by atoms with van der Waals surface area (Å²) in [4.78, 5) is 12.6. The van der Waals surface area contributed by atoms with E-state index in [0.717, 1.165) is 12.8 Å². The molecule has 0 aliphatic heterocycles. The van der Waals surface area contributed by atoms with Crippen molar-refractivity contribution in [2.75, 3.05) is 12.3 Å². The summed E-state index contributed by atoms with van der Waals surface area (Å²) in [5, 5.41) is 2.80. The molecule has 2 N–H and O–H groups in total. The first kappa shape index (κ1) is 20.8. The van der Waals surface area contributed by atoms with Crippen LogP contribution in [0, 0.1) is 12.7 Å². The number of carbonyl (C=O) groups excluding carboxylic acids is 1. The Labute approximate surface area is 169 Å². The van der Waals surface area contributed by atoms with Crippen LogP contribution in [-0.4, -0.2) is 32.7 Å². The largest absolute Gasteiger partial charge is 0.351 e. The van der Waals surface area contributed by atoms with E-state index in [9.17, 15) is 17.6 Å². The highest BCUT2D eigenvalue weighted by molar-refractivity contribution is 7.98. The Kier molecular flexibility index (Phi) is 6.74. The standard InChI is InChI=1S/C20H23FN2O3S2/c1-14-6-9-17(28(25,26)23-16-7-8-16)12-18(14)20(24)22-10-11-27-13-15-4-2-3-5-19(15)21/h2-6,9,12,16,23H,7-8,10-11,13H2,1H3,(H,22,24). The van der Waals surface area contributed by atoms with E-state index < -0.39 is 10.0 Å². The van der Waals surface area contributed by atoms with Crippen LogP contribution in [0.4, 0.5) is 4.39 Å². The molecule has 0 heterocycles. The van der Waals surface area contributed by atoms with Gasteiger partial charge in [-0.15, -0.1) is 0 Å². The highest BCUT2D eigenvalue weighted by atomic mass is 32.2. The minimum atomic E-state index is -3.60. The number of nitrogens with one attached hydrogen (secondary N) is 2. The zero-order valence-electron chi connectivity index (χ0n) is 15.6. The number of benzene rings is 2. The zero-order valence-corrected chi connectivity index (χ0v) is 17.2. The average molecular weight is 423 g/mol. The lowest BCUT2D eigenvalue weighted by Crippen LogP contribution is -2.28. The molecule has 28 heavy (non-hydrogen) atoms. The topological polar surface area (TPSA) is 75.3 Å². The van der Waals surface area contributed by atoms with Gasteiger partial charge in [-0.3, -0.25) is 4.79 Å². The molecular weight excluding hydrogens is 399 g/mol. The maximum Gasteiger partial charge on any atom is 0.251 e. The smallest absolute Gasteiger partial charge is 0.251 e. The van der Waals surface area contributed by atoms with Crippen molar-refractivity contribution >= 4 is 27.7 Å². The van der Waals surface area contributed by atoms with Crippen molar-refractivity contribution in [3.63, 3.8) is 0 Å². The summed E-state index contributed by atoms with van der Waals surface area (Å²) >= 11 is 1.52. The van der Waals surface area contributed by atoms with E-state index in [1.165, 1.54) is 30.0 Å². The van der Waals surface area contributed by atoms with Gasteiger partial charge < -0.3 is 5.32 Å². The van der Waals surface area contributed by atoms with Crippen LogP contribution < -0.4 is 10.0 Å². The predicted molar refractivity (Wildman–Crippen MR) is 109 cm³/mol. The highest BCUT2D eigenvalue weighted by Gasteiger charge is 2.28. The zero-order chi connectivity index (χ0) is 20.1. The number of carbonyl (C=O) groups is 1. The summed E-state index contributed by atoms with van der Waals surface area (Å²) < 4.78 is 40.9. The van der Waals surface area contributed by atoms with Gasteiger partial charge in [-0.25, -0.2) is 17.5 Å². The first-order valence-electron chi connectivity index (χ1n) is 9.09. The van der Waals surface area contributed by atoms with Crippen molar-refractivity contribution in [1.29, 1.82) is 0 Å². The Bertz CT molecular complexity index is 960. The van der Waals surface area contributed by atoms with Crippen LogP contribution >= 0.6 is 11.8 Å². The van der Waals surface area contributed by atoms with Gasteiger partial charge in [0.25, 0.3) is 5.91 Å². The molecule has 1 aliphatic carbocycles. The summed E-state index contributed by atoms with van der Waals surface area (Å²) in [6.45, 7) is 2.18. The number of hydrogen-bond acceptors (Lipinski definition) is 4. The van der Waals surface area contributed by atoms with Crippen LogP contribution in [0.15, 0.2) is 47.4 Å². The van der Waals surface area contributed by atoms with Crippen molar-refractivity contribution in [2.24, 2.45) is 0 Å².